The van der Waals surface area contributed by atoms with Crippen molar-refractivity contribution in [2.75, 3.05) is 23.7 Å². The molecule has 172 valence electrons. The second-order valence-corrected chi connectivity index (χ2v) is 8.05. The van der Waals surface area contributed by atoms with Gasteiger partial charge in [-0.1, -0.05) is 23.5 Å². The van der Waals surface area contributed by atoms with E-state index in [0.717, 1.165) is 10.8 Å². The predicted octanol–water partition coefficient (Wildman–Crippen LogP) is 3.63. The smallest absolute Gasteiger partial charge is 0.321 e. The number of aromatic nitrogens is 2. The number of carbonyl (C=O) groups is 3. The zero-order valence-electron chi connectivity index (χ0n) is 17.7. The van der Waals surface area contributed by atoms with Gasteiger partial charge >= 0.3 is 6.03 Å². The Morgan fingerprint density at radius 1 is 0.882 bits per heavy atom. The highest BCUT2D eigenvalue weighted by molar-refractivity contribution is 7.22. The zero-order chi connectivity index (χ0) is 23.9. The van der Waals surface area contributed by atoms with Crippen molar-refractivity contribution < 1.29 is 18.8 Å². The van der Waals surface area contributed by atoms with Gasteiger partial charge in [-0.25, -0.2) is 14.2 Å². The number of carbonyl (C=O) groups excluding carboxylic acids is 3. The molecular weight excluding hydrogens is 459 g/mol. The molecule has 2 aromatic heterocycles. The Bertz CT molecular complexity index is 1350. The number of hydrogen-bond donors (Lipinski definition) is 4. The van der Waals surface area contributed by atoms with Crippen molar-refractivity contribution in [1.29, 1.82) is 0 Å². The van der Waals surface area contributed by atoms with Gasteiger partial charge in [0.1, 0.15) is 11.5 Å². The number of urea groups is 1. The molecule has 4 N–H and O–H groups in total. The van der Waals surface area contributed by atoms with Crippen LogP contribution in [-0.2, 0) is 0 Å². The number of amides is 4. The first-order chi connectivity index (χ1) is 16.5. The Kier molecular flexibility index (Phi) is 7.04. The van der Waals surface area contributed by atoms with Crippen LogP contribution in [0.3, 0.4) is 0 Å². The van der Waals surface area contributed by atoms with Gasteiger partial charge in [0.15, 0.2) is 5.13 Å². The van der Waals surface area contributed by atoms with Gasteiger partial charge in [0.2, 0.25) is 0 Å². The minimum atomic E-state index is -0.497. The van der Waals surface area contributed by atoms with Crippen molar-refractivity contribution in [3.05, 3.63) is 83.9 Å². The van der Waals surface area contributed by atoms with Gasteiger partial charge in [-0.15, -0.1) is 0 Å². The number of halogens is 1. The Balaban J connectivity index is 1.27. The summed E-state index contributed by atoms with van der Waals surface area (Å²) in [5.41, 5.74) is 1.75. The standard InChI is InChI=1S/C23H19FN6O3S/c24-15-5-3-4-14(12-15)20(31)26-10-11-27-22(33)30-23-29-17-8-7-16(13-19(17)34-23)28-21(32)18-6-1-2-9-25-18/h1-9,12-13H,10-11H2,(H,26,31)(H,28,32)(H2,27,29,30,33). The van der Waals surface area contributed by atoms with Crippen molar-refractivity contribution in [1.82, 2.24) is 20.6 Å². The average Bonchev–Trinajstić information content (AvgIpc) is 3.23. The Hall–Kier alpha value is -4.38. The summed E-state index contributed by atoms with van der Waals surface area (Å²) in [5, 5.41) is 11.0. The summed E-state index contributed by atoms with van der Waals surface area (Å²) < 4.78 is 14.0. The first-order valence-electron chi connectivity index (χ1n) is 10.2. The molecule has 0 radical (unpaired) electrons. The number of thiazole rings is 1. The fraction of sp³-hybridized carbons (Fsp3) is 0.0870. The van der Waals surface area contributed by atoms with Gasteiger partial charge in [0, 0.05) is 30.5 Å². The number of anilines is 2. The molecular formula is C23H19FN6O3S. The molecule has 0 bridgehead atoms. The maximum atomic E-state index is 13.2. The van der Waals surface area contributed by atoms with Crippen molar-refractivity contribution in [3.63, 3.8) is 0 Å². The lowest BCUT2D eigenvalue weighted by Gasteiger charge is -2.07. The van der Waals surface area contributed by atoms with E-state index in [9.17, 15) is 18.8 Å². The highest BCUT2D eigenvalue weighted by atomic mass is 32.1. The summed E-state index contributed by atoms with van der Waals surface area (Å²) in [5.74, 6) is -1.26. The van der Waals surface area contributed by atoms with E-state index >= 15 is 0 Å². The number of benzene rings is 2. The zero-order valence-corrected chi connectivity index (χ0v) is 18.5. The van der Waals surface area contributed by atoms with E-state index in [1.165, 1.54) is 29.5 Å². The van der Waals surface area contributed by atoms with Crippen LogP contribution >= 0.6 is 11.3 Å². The molecule has 0 unspecified atom stereocenters. The van der Waals surface area contributed by atoms with E-state index in [-0.39, 0.29) is 24.6 Å². The number of nitrogens with zero attached hydrogens (tertiary/aromatic N) is 2. The lowest BCUT2D eigenvalue weighted by Crippen LogP contribution is -2.36. The molecule has 4 rings (SSSR count). The highest BCUT2D eigenvalue weighted by Gasteiger charge is 2.11. The summed E-state index contributed by atoms with van der Waals surface area (Å²) in [4.78, 5) is 44.7. The molecule has 9 nitrogen and oxygen atoms in total. The molecule has 2 heterocycles. The lowest BCUT2D eigenvalue weighted by molar-refractivity contribution is 0.0952. The van der Waals surface area contributed by atoms with Gasteiger partial charge in [-0.05, 0) is 48.5 Å². The lowest BCUT2D eigenvalue weighted by atomic mass is 10.2. The minimum absolute atomic E-state index is 0.168. The van der Waals surface area contributed by atoms with Crippen LogP contribution in [0.1, 0.15) is 20.8 Å². The van der Waals surface area contributed by atoms with Crippen molar-refractivity contribution in [2.24, 2.45) is 0 Å². The van der Waals surface area contributed by atoms with Gasteiger partial charge in [0.05, 0.1) is 10.2 Å². The van der Waals surface area contributed by atoms with E-state index in [1.807, 2.05) is 0 Å². The molecule has 11 heteroatoms. The predicted molar refractivity (Wildman–Crippen MR) is 128 cm³/mol. The third-order valence-electron chi connectivity index (χ3n) is 4.55. The summed E-state index contributed by atoms with van der Waals surface area (Å²) in [6, 6.07) is 15.2. The first kappa shape index (κ1) is 22.8. The largest absolute Gasteiger partial charge is 0.350 e. The fourth-order valence-corrected chi connectivity index (χ4v) is 3.87. The number of hydrogen-bond acceptors (Lipinski definition) is 6. The van der Waals surface area contributed by atoms with Gasteiger partial charge in [0.25, 0.3) is 11.8 Å². The third-order valence-corrected chi connectivity index (χ3v) is 5.48. The van der Waals surface area contributed by atoms with E-state index in [1.54, 1.807) is 42.6 Å². The molecule has 0 aliphatic carbocycles. The second-order valence-electron chi connectivity index (χ2n) is 7.02. The molecule has 0 fully saturated rings. The molecule has 4 aromatic rings. The maximum Gasteiger partial charge on any atom is 0.321 e. The molecule has 0 spiro atoms. The summed E-state index contributed by atoms with van der Waals surface area (Å²) in [6.45, 7) is 0.337. The third kappa shape index (κ3) is 5.90. The van der Waals surface area contributed by atoms with Crippen molar-refractivity contribution >= 4 is 50.2 Å². The van der Waals surface area contributed by atoms with E-state index in [2.05, 4.69) is 31.2 Å². The Morgan fingerprint density at radius 3 is 2.53 bits per heavy atom. The van der Waals surface area contributed by atoms with Gasteiger partial charge in [-0.3, -0.25) is 19.9 Å². The van der Waals surface area contributed by atoms with Crippen LogP contribution < -0.4 is 21.3 Å². The molecule has 2 aromatic carbocycles. The molecule has 0 saturated carbocycles. The van der Waals surface area contributed by atoms with Crippen LogP contribution in [0.25, 0.3) is 10.2 Å². The normalized spacial score (nSPS) is 10.5. The SMILES string of the molecule is O=C(NCCNC(=O)c1cccc(F)c1)Nc1nc2ccc(NC(=O)c3ccccn3)cc2s1. The van der Waals surface area contributed by atoms with Crippen molar-refractivity contribution in [2.45, 2.75) is 0 Å². The molecule has 34 heavy (non-hydrogen) atoms. The van der Waals surface area contributed by atoms with E-state index in [4.69, 9.17) is 0 Å². The fourth-order valence-electron chi connectivity index (χ4n) is 2.97. The maximum absolute atomic E-state index is 13.2. The average molecular weight is 479 g/mol. The summed E-state index contributed by atoms with van der Waals surface area (Å²) in [6.07, 6.45) is 1.54. The van der Waals surface area contributed by atoms with Crippen LogP contribution in [0.4, 0.5) is 20.0 Å². The van der Waals surface area contributed by atoms with E-state index in [0.29, 0.717) is 22.0 Å². The van der Waals surface area contributed by atoms with Crippen LogP contribution in [0, 0.1) is 5.82 Å². The van der Waals surface area contributed by atoms with Crippen LogP contribution in [0.15, 0.2) is 66.9 Å². The number of fused-ring (bicyclic) bond motifs is 1. The molecule has 0 aliphatic heterocycles. The first-order valence-corrected chi connectivity index (χ1v) is 11.0. The van der Waals surface area contributed by atoms with Gasteiger partial charge < -0.3 is 16.0 Å². The highest BCUT2D eigenvalue weighted by Crippen LogP contribution is 2.28. The van der Waals surface area contributed by atoms with Crippen LogP contribution in [-0.4, -0.2) is 40.9 Å². The number of rotatable bonds is 7. The quantitative estimate of drug-likeness (QED) is 0.302. The molecule has 0 atom stereocenters. The topological polar surface area (TPSA) is 125 Å². The number of nitrogens with one attached hydrogen (secondary N) is 4. The van der Waals surface area contributed by atoms with E-state index < -0.39 is 17.8 Å². The number of pyridine rings is 1. The monoisotopic (exact) mass is 478 g/mol. The Morgan fingerprint density at radius 2 is 1.74 bits per heavy atom. The van der Waals surface area contributed by atoms with Crippen LogP contribution in [0.5, 0.6) is 0 Å². The molecule has 0 aliphatic rings. The van der Waals surface area contributed by atoms with Gasteiger partial charge in [-0.2, -0.15) is 0 Å². The second kappa shape index (κ2) is 10.5. The van der Waals surface area contributed by atoms with Crippen LogP contribution in [0.2, 0.25) is 0 Å². The van der Waals surface area contributed by atoms with Crippen molar-refractivity contribution in [3.8, 4) is 0 Å². The minimum Gasteiger partial charge on any atom is -0.350 e. The summed E-state index contributed by atoms with van der Waals surface area (Å²) in [7, 11) is 0. The summed E-state index contributed by atoms with van der Waals surface area (Å²) >= 11 is 1.25. The Labute approximate surface area is 197 Å². The molecule has 4 amide bonds. The molecule has 0 saturated heterocycles.